The molecule has 0 unspecified atom stereocenters. The van der Waals surface area contributed by atoms with E-state index in [1.165, 1.54) is 13.3 Å². The van der Waals surface area contributed by atoms with Crippen molar-refractivity contribution in [1.29, 1.82) is 0 Å². The van der Waals surface area contributed by atoms with Crippen LogP contribution in [0.1, 0.15) is 15.9 Å². The van der Waals surface area contributed by atoms with Gasteiger partial charge >= 0.3 is 0 Å². The topological polar surface area (TPSA) is 78.1 Å². The predicted molar refractivity (Wildman–Crippen MR) is 75.5 cm³/mol. The first-order valence-corrected chi connectivity index (χ1v) is 5.92. The van der Waals surface area contributed by atoms with Crippen LogP contribution in [-0.4, -0.2) is 23.0 Å². The quantitative estimate of drug-likeness (QED) is 0.874. The first-order chi connectivity index (χ1) is 9.58. The van der Waals surface area contributed by atoms with Gasteiger partial charge in [-0.1, -0.05) is 23.6 Å². The van der Waals surface area contributed by atoms with E-state index in [1.807, 2.05) is 0 Å². The molecule has 0 atom stereocenters. The fourth-order valence-corrected chi connectivity index (χ4v) is 1.94. The molecule has 20 heavy (non-hydrogen) atoms. The number of nitrogens with zero attached hydrogens (tertiary/aromatic N) is 2. The molecule has 1 aromatic heterocycles. The van der Waals surface area contributed by atoms with E-state index in [4.69, 9.17) is 28.5 Å². The lowest BCUT2D eigenvalue weighted by Crippen LogP contribution is -2.14. The summed E-state index contributed by atoms with van der Waals surface area (Å²) in [6.45, 7) is 0. The summed E-state index contributed by atoms with van der Waals surface area (Å²) in [4.78, 5) is 19.4. The number of primary amides is 1. The predicted octanol–water partition coefficient (Wildman–Crippen LogP) is 1.89. The molecule has 0 saturated carbocycles. The summed E-state index contributed by atoms with van der Waals surface area (Å²) in [5.74, 6) is 2.18. The molecule has 0 spiro atoms. The zero-order valence-electron chi connectivity index (χ0n) is 10.6. The van der Waals surface area contributed by atoms with E-state index in [0.717, 1.165) is 0 Å². The van der Waals surface area contributed by atoms with Crippen molar-refractivity contribution in [3.8, 4) is 29.6 Å². The molecule has 2 aromatic rings. The summed E-state index contributed by atoms with van der Waals surface area (Å²) in [5.41, 5.74) is 6.35. The number of aromatic nitrogens is 2. The van der Waals surface area contributed by atoms with E-state index in [1.54, 1.807) is 18.2 Å². The number of carbonyl (C=O) groups excluding carboxylic acids is 1. The average Bonchev–Trinajstić information content (AvgIpc) is 2.46. The monoisotopic (exact) mass is 287 g/mol. The van der Waals surface area contributed by atoms with Gasteiger partial charge in [0.25, 0.3) is 5.91 Å². The maximum atomic E-state index is 11.2. The van der Waals surface area contributed by atoms with Crippen molar-refractivity contribution in [3.05, 3.63) is 40.5 Å². The highest BCUT2D eigenvalue weighted by Gasteiger charge is 2.16. The van der Waals surface area contributed by atoms with Crippen LogP contribution in [0.5, 0.6) is 5.88 Å². The van der Waals surface area contributed by atoms with E-state index in [2.05, 4.69) is 15.9 Å². The van der Waals surface area contributed by atoms with Gasteiger partial charge in [0.1, 0.15) is 5.56 Å². The highest BCUT2D eigenvalue weighted by Crippen LogP contribution is 2.30. The van der Waals surface area contributed by atoms with Crippen molar-refractivity contribution >= 4 is 17.5 Å². The number of terminal acetylenes is 1. The Hall–Kier alpha value is -2.58. The third-order valence-electron chi connectivity index (χ3n) is 2.61. The molecule has 1 amide bonds. The fraction of sp³-hybridized carbons (Fsp3) is 0.0714. The van der Waals surface area contributed by atoms with Crippen LogP contribution in [0.4, 0.5) is 0 Å². The fourth-order valence-electron chi connectivity index (χ4n) is 1.68. The van der Waals surface area contributed by atoms with Gasteiger partial charge in [-0.15, -0.1) is 6.42 Å². The molecule has 6 heteroatoms. The van der Waals surface area contributed by atoms with Crippen molar-refractivity contribution in [2.75, 3.05) is 7.11 Å². The Morgan fingerprint density at radius 2 is 2.25 bits per heavy atom. The number of nitrogens with two attached hydrogens (primary N) is 1. The lowest BCUT2D eigenvalue weighted by molar-refractivity contribution is 0.0996. The standard InChI is InChI=1S/C14H10ClN3O2/c1-3-8-5-4-6-10(15)11(8)13-17-7-9(12(16)19)14(18-13)20-2/h1,4-7H,2H3,(H2,16,19). The van der Waals surface area contributed by atoms with Crippen LogP contribution in [0.2, 0.25) is 5.02 Å². The number of rotatable bonds is 3. The molecule has 0 bridgehead atoms. The molecule has 0 aliphatic rings. The number of ether oxygens (including phenoxy) is 1. The molecule has 0 saturated heterocycles. The van der Waals surface area contributed by atoms with Crippen molar-refractivity contribution in [1.82, 2.24) is 9.97 Å². The Balaban J connectivity index is 2.66. The van der Waals surface area contributed by atoms with Crippen molar-refractivity contribution in [3.63, 3.8) is 0 Å². The smallest absolute Gasteiger partial charge is 0.255 e. The Bertz CT molecular complexity index is 723. The first-order valence-electron chi connectivity index (χ1n) is 5.54. The molecule has 0 fully saturated rings. The van der Waals surface area contributed by atoms with Crippen molar-refractivity contribution in [2.24, 2.45) is 5.73 Å². The molecule has 2 rings (SSSR count). The second-order valence-corrected chi connectivity index (χ2v) is 4.19. The van der Waals surface area contributed by atoms with Crippen molar-refractivity contribution < 1.29 is 9.53 Å². The van der Waals surface area contributed by atoms with E-state index in [-0.39, 0.29) is 17.3 Å². The molecule has 5 nitrogen and oxygen atoms in total. The van der Waals surface area contributed by atoms with Crippen molar-refractivity contribution in [2.45, 2.75) is 0 Å². The number of halogens is 1. The van der Waals surface area contributed by atoms with Crippen LogP contribution >= 0.6 is 11.6 Å². The lowest BCUT2D eigenvalue weighted by atomic mass is 10.1. The van der Waals surface area contributed by atoms with E-state index >= 15 is 0 Å². The number of hydrogen-bond acceptors (Lipinski definition) is 4. The summed E-state index contributed by atoms with van der Waals surface area (Å²) in [5, 5.41) is 0.411. The van der Waals surface area contributed by atoms with Gasteiger partial charge in [0.2, 0.25) is 5.88 Å². The van der Waals surface area contributed by atoms with Crippen LogP contribution < -0.4 is 10.5 Å². The molecule has 100 valence electrons. The summed E-state index contributed by atoms with van der Waals surface area (Å²) in [6, 6.07) is 5.13. The number of amides is 1. The average molecular weight is 288 g/mol. The second kappa shape index (κ2) is 5.59. The summed E-state index contributed by atoms with van der Waals surface area (Å²) >= 11 is 6.13. The largest absolute Gasteiger partial charge is 0.480 e. The summed E-state index contributed by atoms with van der Waals surface area (Å²) in [6.07, 6.45) is 6.72. The molecule has 1 aromatic carbocycles. The summed E-state index contributed by atoms with van der Waals surface area (Å²) < 4.78 is 5.04. The highest BCUT2D eigenvalue weighted by atomic mass is 35.5. The Morgan fingerprint density at radius 3 is 2.85 bits per heavy atom. The maximum Gasteiger partial charge on any atom is 0.255 e. The zero-order valence-corrected chi connectivity index (χ0v) is 11.3. The molecule has 0 aliphatic carbocycles. The van der Waals surface area contributed by atoms with Gasteiger partial charge in [-0.2, -0.15) is 4.98 Å². The molecule has 1 heterocycles. The molecule has 0 radical (unpaired) electrons. The number of carbonyl (C=O) groups is 1. The summed E-state index contributed by atoms with van der Waals surface area (Å²) in [7, 11) is 1.38. The van der Waals surface area contributed by atoms with Gasteiger partial charge in [-0.3, -0.25) is 4.79 Å². The molecular formula is C14H10ClN3O2. The van der Waals surface area contributed by atoms with E-state index in [0.29, 0.717) is 16.1 Å². The Morgan fingerprint density at radius 1 is 1.50 bits per heavy atom. The zero-order chi connectivity index (χ0) is 14.7. The Labute approximate surface area is 120 Å². The number of benzene rings is 1. The van der Waals surface area contributed by atoms with Crippen LogP contribution in [0, 0.1) is 12.3 Å². The third-order valence-corrected chi connectivity index (χ3v) is 2.92. The normalized spacial score (nSPS) is 9.85. The molecule has 2 N–H and O–H groups in total. The van der Waals surface area contributed by atoms with Gasteiger partial charge < -0.3 is 10.5 Å². The SMILES string of the molecule is C#Cc1cccc(Cl)c1-c1ncc(C(N)=O)c(OC)n1. The number of hydrogen-bond donors (Lipinski definition) is 1. The Kier molecular flexibility index (Phi) is 3.87. The highest BCUT2D eigenvalue weighted by molar-refractivity contribution is 6.33. The van der Waals surface area contributed by atoms with Gasteiger partial charge in [0.05, 0.1) is 17.7 Å². The van der Waals surface area contributed by atoms with Crippen LogP contribution in [0.25, 0.3) is 11.4 Å². The van der Waals surface area contributed by atoms with E-state index < -0.39 is 5.91 Å². The number of methoxy groups -OCH3 is 1. The van der Waals surface area contributed by atoms with Crippen LogP contribution in [0.15, 0.2) is 24.4 Å². The van der Waals surface area contributed by atoms with Gasteiger partial charge in [-0.25, -0.2) is 4.98 Å². The lowest BCUT2D eigenvalue weighted by Gasteiger charge is -2.09. The third kappa shape index (κ3) is 2.42. The minimum absolute atomic E-state index is 0.0744. The molecular weight excluding hydrogens is 278 g/mol. The first kappa shape index (κ1) is 13.8. The van der Waals surface area contributed by atoms with Gasteiger partial charge in [0, 0.05) is 11.8 Å². The van der Waals surface area contributed by atoms with Crippen LogP contribution in [0.3, 0.4) is 0 Å². The maximum absolute atomic E-state index is 11.2. The second-order valence-electron chi connectivity index (χ2n) is 3.79. The van der Waals surface area contributed by atoms with Gasteiger partial charge in [0.15, 0.2) is 5.82 Å². The minimum Gasteiger partial charge on any atom is -0.480 e. The van der Waals surface area contributed by atoms with E-state index in [9.17, 15) is 4.79 Å². The van der Waals surface area contributed by atoms with Gasteiger partial charge in [-0.05, 0) is 12.1 Å². The molecule has 0 aliphatic heterocycles. The minimum atomic E-state index is -0.676. The van der Waals surface area contributed by atoms with Crippen LogP contribution in [-0.2, 0) is 0 Å².